The number of methoxy groups -OCH3 is 1. The van der Waals surface area contributed by atoms with E-state index in [1.54, 1.807) is 0 Å². The molecule has 5 nitrogen and oxygen atoms in total. The second kappa shape index (κ2) is 5.43. The fraction of sp³-hybridized carbons (Fsp3) is 0.200. The Kier molecular flexibility index (Phi) is 3.90. The van der Waals surface area contributed by atoms with Crippen molar-refractivity contribution in [3.05, 3.63) is 29.6 Å². The Balaban J connectivity index is 2.20. The second-order valence-electron chi connectivity index (χ2n) is 3.65. The van der Waals surface area contributed by atoms with Gasteiger partial charge in [-0.25, -0.2) is 4.39 Å². The monoisotopic (exact) mass is 267 g/mol. The van der Waals surface area contributed by atoms with Gasteiger partial charge >= 0.3 is 7.05 Å². The van der Waals surface area contributed by atoms with Crippen molar-refractivity contribution in [1.82, 2.24) is 10.2 Å². The Morgan fingerprint density at radius 2 is 2.44 bits per heavy atom. The first-order valence-electron chi connectivity index (χ1n) is 5.21. The predicted molar refractivity (Wildman–Crippen MR) is 71.0 cm³/mol. The standard InChI is InChI=1S/C10H11BFN3O2S/c1-17-6-13-10(18)15-11(16)9-3-2-8(12)4-7(9)5-14-15/h2-5,16H,6H2,1H3,(H,13,18). The lowest BCUT2D eigenvalue weighted by Gasteiger charge is -2.27. The van der Waals surface area contributed by atoms with Crippen LogP contribution in [0.2, 0.25) is 0 Å². The van der Waals surface area contributed by atoms with Gasteiger partial charge in [0, 0.05) is 7.11 Å². The van der Waals surface area contributed by atoms with Crippen LogP contribution in [0, 0.1) is 5.82 Å². The first kappa shape index (κ1) is 12.9. The number of thiocarbonyl (C=S) groups is 1. The minimum Gasteiger partial charge on any atom is -0.427 e. The number of halogens is 1. The first-order chi connectivity index (χ1) is 8.63. The summed E-state index contributed by atoms with van der Waals surface area (Å²) in [5.41, 5.74) is 1.08. The summed E-state index contributed by atoms with van der Waals surface area (Å²) in [4.78, 5) is 1.23. The Labute approximate surface area is 109 Å². The molecular formula is C10H11BFN3O2S. The zero-order valence-electron chi connectivity index (χ0n) is 9.63. The van der Waals surface area contributed by atoms with Crippen LogP contribution in [0.4, 0.5) is 4.39 Å². The summed E-state index contributed by atoms with van der Waals surface area (Å²) in [6, 6.07) is 4.10. The molecule has 2 rings (SSSR count). The quantitative estimate of drug-likeness (QED) is 0.435. The molecular weight excluding hydrogens is 256 g/mol. The van der Waals surface area contributed by atoms with Crippen LogP contribution >= 0.6 is 12.2 Å². The normalized spacial score (nSPS) is 13.5. The second-order valence-corrected chi connectivity index (χ2v) is 4.04. The molecule has 0 bridgehead atoms. The van der Waals surface area contributed by atoms with Gasteiger partial charge in [-0.15, -0.1) is 0 Å². The minimum atomic E-state index is -1.04. The smallest absolute Gasteiger partial charge is 0.427 e. The van der Waals surface area contributed by atoms with E-state index in [0.717, 1.165) is 0 Å². The lowest BCUT2D eigenvalue weighted by molar-refractivity contribution is 0.190. The summed E-state index contributed by atoms with van der Waals surface area (Å²) >= 11 is 5.06. The number of benzene rings is 1. The largest absolute Gasteiger partial charge is 0.473 e. The van der Waals surface area contributed by atoms with E-state index in [1.807, 2.05) is 0 Å². The van der Waals surface area contributed by atoms with Crippen LogP contribution in [-0.2, 0) is 4.74 Å². The Hall–Kier alpha value is -1.51. The molecule has 0 atom stereocenters. The van der Waals surface area contributed by atoms with Gasteiger partial charge in [0.1, 0.15) is 12.5 Å². The van der Waals surface area contributed by atoms with Gasteiger partial charge < -0.3 is 15.1 Å². The van der Waals surface area contributed by atoms with E-state index in [9.17, 15) is 9.41 Å². The predicted octanol–water partition coefficient (Wildman–Crippen LogP) is -0.359. The van der Waals surface area contributed by atoms with Gasteiger partial charge in [0.2, 0.25) is 0 Å². The molecule has 18 heavy (non-hydrogen) atoms. The average molecular weight is 267 g/mol. The minimum absolute atomic E-state index is 0.216. The van der Waals surface area contributed by atoms with E-state index >= 15 is 0 Å². The van der Waals surface area contributed by atoms with E-state index in [0.29, 0.717) is 11.0 Å². The van der Waals surface area contributed by atoms with Crippen LogP contribution in [0.1, 0.15) is 5.56 Å². The molecule has 0 radical (unpaired) electrons. The fourth-order valence-electron chi connectivity index (χ4n) is 1.59. The lowest BCUT2D eigenvalue weighted by atomic mass is 9.70. The average Bonchev–Trinajstić information content (AvgIpc) is 2.36. The van der Waals surface area contributed by atoms with Crippen molar-refractivity contribution in [2.24, 2.45) is 5.10 Å². The maximum atomic E-state index is 13.0. The summed E-state index contributed by atoms with van der Waals surface area (Å²) < 4.78 is 17.8. The van der Waals surface area contributed by atoms with Gasteiger partial charge in [-0.3, -0.25) is 4.92 Å². The van der Waals surface area contributed by atoms with Crippen LogP contribution < -0.4 is 10.8 Å². The van der Waals surface area contributed by atoms with Crippen LogP contribution in [0.3, 0.4) is 0 Å². The maximum Gasteiger partial charge on any atom is 0.473 e. The molecule has 0 saturated carbocycles. The number of hydrogen-bond acceptors (Lipinski definition) is 4. The van der Waals surface area contributed by atoms with E-state index in [4.69, 9.17) is 17.0 Å². The molecule has 0 aromatic heterocycles. The molecule has 94 valence electrons. The SMILES string of the molecule is COCNC(=S)N1N=Cc2cc(F)ccc2B1O. The van der Waals surface area contributed by atoms with Gasteiger partial charge in [0.25, 0.3) is 0 Å². The van der Waals surface area contributed by atoms with Crippen molar-refractivity contribution >= 4 is 36.1 Å². The van der Waals surface area contributed by atoms with Crippen molar-refractivity contribution in [3.8, 4) is 0 Å². The number of hydrazone groups is 1. The van der Waals surface area contributed by atoms with Gasteiger partial charge in [-0.2, -0.15) is 5.10 Å². The molecule has 1 heterocycles. The molecule has 0 fully saturated rings. The van der Waals surface area contributed by atoms with E-state index in [2.05, 4.69) is 10.4 Å². The lowest BCUT2D eigenvalue weighted by Crippen LogP contribution is -2.55. The molecule has 0 spiro atoms. The highest BCUT2D eigenvalue weighted by molar-refractivity contribution is 7.80. The Morgan fingerprint density at radius 1 is 1.67 bits per heavy atom. The number of nitrogens with zero attached hydrogens (tertiary/aromatic N) is 2. The summed E-state index contributed by atoms with van der Waals surface area (Å²) in [5, 5.41) is 17.1. The molecule has 1 aromatic rings. The summed E-state index contributed by atoms with van der Waals surface area (Å²) in [5.74, 6) is -0.374. The third-order valence-electron chi connectivity index (χ3n) is 2.46. The van der Waals surface area contributed by atoms with Crippen LogP contribution in [0.25, 0.3) is 0 Å². The first-order valence-corrected chi connectivity index (χ1v) is 5.62. The third kappa shape index (κ3) is 2.50. The van der Waals surface area contributed by atoms with Crippen LogP contribution in [-0.4, -0.2) is 42.2 Å². The van der Waals surface area contributed by atoms with Crippen molar-refractivity contribution in [1.29, 1.82) is 0 Å². The molecule has 1 aromatic carbocycles. The maximum absolute atomic E-state index is 13.0. The van der Waals surface area contributed by atoms with E-state index < -0.39 is 7.05 Å². The van der Waals surface area contributed by atoms with Crippen LogP contribution in [0.15, 0.2) is 23.3 Å². The fourth-order valence-corrected chi connectivity index (χ4v) is 1.80. The summed E-state index contributed by atoms with van der Waals surface area (Å²) in [6.07, 6.45) is 1.45. The molecule has 2 N–H and O–H groups in total. The number of hydrogen-bond donors (Lipinski definition) is 2. The number of ether oxygens (including phenoxy) is 1. The van der Waals surface area contributed by atoms with Crippen molar-refractivity contribution < 1.29 is 14.2 Å². The Morgan fingerprint density at radius 3 is 3.17 bits per heavy atom. The van der Waals surface area contributed by atoms with Gasteiger partial charge in [0.05, 0.1) is 6.21 Å². The highest BCUT2D eigenvalue weighted by Gasteiger charge is 2.31. The highest BCUT2D eigenvalue weighted by Crippen LogP contribution is 2.08. The van der Waals surface area contributed by atoms with E-state index in [1.165, 1.54) is 36.4 Å². The topological polar surface area (TPSA) is 57.1 Å². The van der Waals surface area contributed by atoms with Crippen molar-refractivity contribution in [3.63, 3.8) is 0 Å². The summed E-state index contributed by atoms with van der Waals surface area (Å²) in [6.45, 7) is 0.216. The zero-order valence-corrected chi connectivity index (χ0v) is 10.4. The molecule has 1 aliphatic rings. The van der Waals surface area contributed by atoms with Gasteiger partial charge in [0.15, 0.2) is 5.11 Å². The molecule has 0 amide bonds. The Bertz CT molecular complexity index is 500. The van der Waals surface area contributed by atoms with Gasteiger partial charge in [-0.1, -0.05) is 6.07 Å². The van der Waals surface area contributed by atoms with Crippen LogP contribution in [0.5, 0.6) is 0 Å². The molecule has 8 heteroatoms. The molecule has 0 saturated heterocycles. The zero-order chi connectivity index (χ0) is 13.1. The number of fused-ring (bicyclic) bond motifs is 1. The molecule has 1 aliphatic heterocycles. The third-order valence-corrected chi connectivity index (χ3v) is 2.79. The number of rotatable bonds is 2. The number of nitrogens with one attached hydrogen (secondary N) is 1. The molecule has 0 aliphatic carbocycles. The van der Waals surface area contributed by atoms with Crippen molar-refractivity contribution in [2.75, 3.05) is 13.8 Å². The highest BCUT2D eigenvalue weighted by atomic mass is 32.1. The summed E-state index contributed by atoms with van der Waals surface area (Å²) in [7, 11) is 0.478. The molecule has 0 unspecified atom stereocenters. The van der Waals surface area contributed by atoms with Crippen molar-refractivity contribution in [2.45, 2.75) is 0 Å². The van der Waals surface area contributed by atoms with E-state index in [-0.39, 0.29) is 17.7 Å². The van der Waals surface area contributed by atoms with Gasteiger partial charge in [-0.05, 0) is 35.4 Å².